The van der Waals surface area contributed by atoms with Crippen molar-refractivity contribution in [2.24, 2.45) is 0 Å². The molecule has 0 amide bonds. The molecule has 0 aliphatic carbocycles. The molecule has 0 bridgehead atoms. The van der Waals surface area contributed by atoms with Crippen LogP contribution in [0.1, 0.15) is 24.3 Å². The first kappa shape index (κ1) is 12.2. The van der Waals surface area contributed by atoms with Gasteiger partial charge in [-0.1, -0.05) is 13.8 Å². The minimum atomic E-state index is 0.501. The Labute approximate surface area is 106 Å². The standard InChI is InChI=1S/C13H17N3S/c1-9(2)15-6-11-7-16-13(17-11)12-8-14-5-4-10(12)3/h4-5,7-9,15H,6H2,1-3H3. The van der Waals surface area contributed by atoms with E-state index in [-0.39, 0.29) is 0 Å². The first-order chi connectivity index (χ1) is 8.16. The quantitative estimate of drug-likeness (QED) is 0.902. The predicted octanol–water partition coefficient (Wildman–Crippen LogP) is 3.01. The van der Waals surface area contributed by atoms with Crippen molar-refractivity contribution in [1.82, 2.24) is 15.3 Å². The lowest BCUT2D eigenvalue weighted by Gasteiger charge is -2.04. The molecule has 0 atom stereocenters. The van der Waals surface area contributed by atoms with E-state index in [1.165, 1.54) is 10.4 Å². The molecular formula is C13H17N3S. The maximum Gasteiger partial charge on any atom is 0.125 e. The molecule has 0 aliphatic heterocycles. The average Bonchev–Trinajstić information content (AvgIpc) is 2.75. The van der Waals surface area contributed by atoms with Crippen LogP contribution in [0.15, 0.2) is 24.7 Å². The van der Waals surface area contributed by atoms with Gasteiger partial charge in [0.2, 0.25) is 0 Å². The van der Waals surface area contributed by atoms with E-state index < -0.39 is 0 Å². The van der Waals surface area contributed by atoms with Gasteiger partial charge in [-0.15, -0.1) is 11.3 Å². The normalized spacial score (nSPS) is 11.1. The molecule has 0 aromatic carbocycles. The SMILES string of the molecule is Cc1ccncc1-c1ncc(CNC(C)C)s1. The van der Waals surface area contributed by atoms with Crippen molar-refractivity contribution in [2.45, 2.75) is 33.4 Å². The number of aromatic nitrogens is 2. The van der Waals surface area contributed by atoms with Gasteiger partial charge in [-0.05, 0) is 18.6 Å². The van der Waals surface area contributed by atoms with Crippen LogP contribution >= 0.6 is 11.3 Å². The summed E-state index contributed by atoms with van der Waals surface area (Å²) in [5.41, 5.74) is 2.35. The maximum absolute atomic E-state index is 4.46. The number of aryl methyl sites for hydroxylation is 1. The number of thiazole rings is 1. The van der Waals surface area contributed by atoms with Crippen molar-refractivity contribution >= 4 is 11.3 Å². The Kier molecular flexibility index (Phi) is 3.86. The second-order valence-electron chi connectivity index (χ2n) is 4.36. The molecule has 3 nitrogen and oxygen atoms in total. The smallest absolute Gasteiger partial charge is 0.125 e. The fourth-order valence-corrected chi connectivity index (χ4v) is 2.44. The number of nitrogens with zero attached hydrogens (tertiary/aromatic N) is 2. The van der Waals surface area contributed by atoms with Crippen LogP contribution in [0.3, 0.4) is 0 Å². The number of nitrogens with one attached hydrogen (secondary N) is 1. The van der Waals surface area contributed by atoms with E-state index in [0.717, 1.165) is 17.1 Å². The summed E-state index contributed by atoms with van der Waals surface area (Å²) < 4.78 is 0. The highest BCUT2D eigenvalue weighted by Gasteiger charge is 2.07. The molecule has 0 saturated carbocycles. The van der Waals surface area contributed by atoms with E-state index in [9.17, 15) is 0 Å². The van der Waals surface area contributed by atoms with Crippen LogP contribution in [0.2, 0.25) is 0 Å². The number of pyridine rings is 1. The van der Waals surface area contributed by atoms with Gasteiger partial charge < -0.3 is 5.32 Å². The molecule has 4 heteroatoms. The van der Waals surface area contributed by atoms with E-state index in [0.29, 0.717) is 6.04 Å². The summed E-state index contributed by atoms with van der Waals surface area (Å²) in [6, 6.07) is 2.52. The second kappa shape index (κ2) is 5.38. The average molecular weight is 247 g/mol. The molecular weight excluding hydrogens is 230 g/mol. The summed E-state index contributed by atoms with van der Waals surface area (Å²) >= 11 is 1.73. The highest BCUT2D eigenvalue weighted by molar-refractivity contribution is 7.15. The third kappa shape index (κ3) is 3.11. The largest absolute Gasteiger partial charge is 0.310 e. The number of hydrogen-bond acceptors (Lipinski definition) is 4. The van der Waals surface area contributed by atoms with Gasteiger partial charge in [0, 0.05) is 41.6 Å². The summed E-state index contributed by atoms with van der Waals surface area (Å²) in [6.45, 7) is 7.26. The minimum Gasteiger partial charge on any atom is -0.310 e. The van der Waals surface area contributed by atoms with E-state index in [4.69, 9.17) is 0 Å². The predicted molar refractivity (Wildman–Crippen MR) is 72.1 cm³/mol. The molecule has 17 heavy (non-hydrogen) atoms. The van der Waals surface area contributed by atoms with Crippen LogP contribution in [0.4, 0.5) is 0 Å². The Balaban J connectivity index is 2.16. The number of hydrogen-bond donors (Lipinski definition) is 1. The van der Waals surface area contributed by atoms with Crippen molar-refractivity contribution in [3.05, 3.63) is 35.1 Å². The molecule has 1 N–H and O–H groups in total. The first-order valence-electron chi connectivity index (χ1n) is 5.76. The monoisotopic (exact) mass is 247 g/mol. The van der Waals surface area contributed by atoms with Crippen molar-refractivity contribution < 1.29 is 0 Å². The zero-order chi connectivity index (χ0) is 12.3. The van der Waals surface area contributed by atoms with Gasteiger partial charge in [0.05, 0.1) is 0 Å². The van der Waals surface area contributed by atoms with Gasteiger partial charge in [-0.25, -0.2) is 4.98 Å². The van der Waals surface area contributed by atoms with E-state index in [1.54, 1.807) is 11.3 Å². The van der Waals surface area contributed by atoms with Crippen LogP contribution in [-0.2, 0) is 6.54 Å². The van der Waals surface area contributed by atoms with Crippen molar-refractivity contribution in [1.29, 1.82) is 0 Å². The van der Waals surface area contributed by atoms with Crippen molar-refractivity contribution in [2.75, 3.05) is 0 Å². The Morgan fingerprint density at radius 3 is 2.88 bits per heavy atom. The van der Waals surface area contributed by atoms with Gasteiger partial charge in [-0.3, -0.25) is 4.98 Å². The summed E-state index contributed by atoms with van der Waals surface area (Å²) in [6.07, 6.45) is 5.64. The highest BCUT2D eigenvalue weighted by Crippen LogP contribution is 2.26. The van der Waals surface area contributed by atoms with Crippen LogP contribution in [0.5, 0.6) is 0 Å². The molecule has 2 aromatic rings. The van der Waals surface area contributed by atoms with E-state index >= 15 is 0 Å². The molecule has 0 spiro atoms. The number of rotatable bonds is 4. The Morgan fingerprint density at radius 1 is 1.35 bits per heavy atom. The molecule has 2 rings (SSSR count). The van der Waals surface area contributed by atoms with Crippen molar-refractivity contribution in [3.63, 3.8) is 0 Å². The van der Waals surface area contributed by atoms with Crippen LogP contribution in [0.25, 0.3) is 10.6 Å². The fraction of sp³-hybridized carbons (Fsp3) is 0.385. The minimum absolute atomic E-state index is 0.501. The summed E-state index contributed by atoms with van der Waals surface area (Å²) in [4.78, 5) is 9.88. The third-order valence-corrected chi connectivity index (χ3v) is 3.54. The van der Waals surface area contributed by atoms with E-state index in [2.05, 4.69) is 36.1 Å². The van der Waals surface area contributed by atoms with Crippen LogP contribution < -0.4 is 5.32 Å². The third-order valence-electron chi connectivity index (χ3n) is 2.51. The second-order valence-corrected chi connectivity index (χ2v) is 5.47. The Morgan fingerprint density at radius 2 is 2.18 bits per heavy atom. The molecule has 0 fully saturated rings. The van der Waals surface area contributed by atoms with Crippen molar-refractivity contribution in [3.8, 4) is 10.6 Å². The molecule has 0 saturated heterocycles. The molecule has 90 valence electrons. The van der Waals surface area contributed by atoms with Gasteiger partial charge in [0.25, 0.3) is 0 Å². The lowest BCUT2D eigenvalue weighted by molar-refractivity contribution is 0.593. The topological polar surface area (TPSA) is 37.8 Å². The van der Waals surface area contributed by atoms with E-state index in [1.807, 2.05) is 24.7 Å². The zero-order valence-corrected chi connectivity index (χ0v) is 11.2. The maximum atomic E-state index is 4.46. The Bertz CT molecular complexity index is 491. The van der Waals surface area contributed by atoms with Gasteiger partial charge in [0.15, 0.2) is 0 Å². The zero-order valence-electron chi connectivity index (χ0n) is 10.4. The summed E-state index contributed by atoms with van der Waals surface area (Å²) in [5, 5.41) is 4.45. The lowest BCUT2D eigenvalue weighted by Crippen LogP contribution is -2.21. The van der Waals surface area contributed by atoms with Gasteiger partial charge in [-0.2, -0.15) is 0 Å². The molecule has 0 radical (unpaired) electrons. The van der Waals surface area contributed by atoms with Crippen LogP contribution in [-0.4, -0.2) is 16.0 Å². The first-order valence-corrected chi connectivity index (χ1v) is 6.57. The Hall–Kier alpha value is -1.26. The molecule has 0 aliphatic rings. The van der Waals surface area contributed by atoms with Crippen LogP contribution in [0, 0.1) is 6.92 Å². The molecule has 2 heterocycles. The summed E-state index contributed by atoms with van der Waals surface area (Å²) in [7, 11) is 0. The highest BCUT2D eigenvalue weighted by atomic mass is 32.1. The van der Waals surface area contributed by atoms with Gasteiger partial charge >= 0.3 is 0 Å². The lowest BCUT2D eigenvalue weighted by atomic mass is 10.2. The summed E-state index contributed by atoms with van der Waals surface area (Å²) in [5.74, 6) is 0. The van der Waals surface area contributed by atoms with Gasteiger partial charge in [0.1, 0.15) is 5.01 Å². The fourth-order valence-electron chi connectivity index (χ4n) is 1.51. The molecule has 0 unspecified atom stereocenters. The molecule has 2 aromatic heterocycles.